The molecule has 0 saturated carbocycles. The first-order valence-electron chi connectivity index (χ1n) is 9.23. The molecule has 0 bridgehead atoms. The molecule has 1 aromatic rings. The summed E-state index contributed by atoms with van der Waals surface area (Å²) < 4.78 is 9.86. The highest BCUT2D eigenvalue weighted by molar-refractivity contribution is 7.95. The van der Waals surface area contributed by atoms with Crippen LogP contribution in [-0.2, 0) is 10.2 Å². The molecule has 2 aliphatic heterocycles. The second-order valence-electron chi connectivity index (χ2n) is 7.56. The number of benzene rings is 1. The van der Waals surface area contributed by atoms with Crippen LogP contribution in [-0.4, -0.2) is 29.7 Å². The van der Waals surface area contributed by atoms with Gasteiger partial charge in [-0.3, -0.25) is 0 Å². The molecule has 0 radical (unpaired) electrons. The van der Waals surface area contributed by atoms with Gasteiger partial charge in [-0.15, -0.1) is 0 Å². The fourth-order valence-corrected chi connectivity index (χ4v) is 4.99. The summed E-state index contributed by atoms with van der Waals surface area (Å²) in [6, 6.07) is 0. The Balaban J connectivity index is 1.67. The van der Waals surface area contributed by atoms with E-state index in [1.807, 2.05) is 25.9 Å². The summed E-state index contributed by atoms with van der Waals surface area (Å²) in [5, 5.41) is 10.3. The van der Waals surface area contributed by atoms with Crippen molar-refractivity contribution in [3.63, 3.8) is 0 Å². The van der Waals surface area contributed by atoms with Crippen molar-refractivity contribution in [1.29, 1.82) is 0 Å². The van der Waals surface area contributed by atoms with Gasteiger partial charge in [0.25, 0.3) is 0 Å². The highest BCUT2D eigenvalue weighted by Crippen LogP contribution is 2.44. The number of hydrogen-bond donors (Lipinski definition) is 1. The van der Waals surface area contributed by atoms with Crippen molar-refractivity contribution in [3.05, 3.63) is 22.3 Å². The first-order chi connectivity index (χ1) is 11.4. The zero-order valence-electron chi connectivity index (χ0n) is 15.5. The number of rotatable bonds is 4. The predicted molar refractivity (Wildman–Crippen MR) is 101 cm³/mol. The van der Waals surface area contributed by atoms with Gasteiger partial charge in [0.1, 0.15) is 17.1 Å². The van der Waals surface area contributed by atoms with Crippen LogP contribution in [0.3, 0.4) is 0 Å². The van der Waals surface area contributed by atoms with Crippen molar-refractivity contribution in [1.82, 2.24) is 0 Å². The van der Waals surface area contributed by atoms with E-state index in [4.69, 9.17) is 4.74 Å². The number of aromatic hydroxyl groups is 1. The SMILES string of the molecule is Cc1c(C)c2c(c(C)c1O)CCC(C)(CCS[O+]1CCCCC1)O2. The van der Waals surface area contributed by atoms with Crippen LogP contribution in [0.15, 0.2) is 0 Å². The lowest BCUT2D eigenvalue weighted by molar-refractivity contribution is 0.0121. The van der Waals surface area contributed by atoms with Crippen LogP contribution in [0.1, 0.15) is 61.3 Å². The molecule has 3 nitrogen and oxygen atoms in total. The molecule has 0 amide bonds. The van der Waals surface area contributed by atoms with Gasteiger partial charge in [-0.25, -0.2) is 0 Å². The molecule has 0 aliphatic carbocycles. The lowest BCUT2D eigenvalue weighted by Crippen LogP contribution is -2.38. The van der Waals surface area contributed by atoms with E-state index in [1.165, 1.54) is 24.8 Å². The second-order valence-corrected chi connectivity index (χ2v) is 8.68. The van der Waals surface area contributed by atoms with Gasteiger partial charge in [0.2, 0.25) is 0 Å². The number of ether oxygens (including phenoxy) is 1. The van der Waals surface area contributed by atoms with Crippen molar-refractivity contribution in [2.24, 2.45) is 0 Å². The highest BCUT2D eigenvalue weighted by Gasteiger charge is 2.35. The molecule has 1 saturated heterocycles. The smallest absolute Gasteiger partial charge is 0.186 e. The van der Waals surface area contributed by atoms with Gasteiger partial charge in [-0.1, -0.05) is 0 Å². The fourth-order valence-electron chi connectivity index (χ4n) is 3.77. The average Bonchev–Trinajstić information content (AvgIpc) is 2.59. The molecule has 0 spiro atoms. The van der Waals surface area contributed by atoms with E-state index in [0.717, 1.165) is 60.7 Å². The molecular formula is C20H31O3S+. The van der Waals surface area contributed by atoms with Gasteiger partial charge in [0, 0.05) is 24.8 Å². The molecule has 4 heteroatoms. The van der Waals surface area contributed by atoms with Crippen molar-refractivity contribution in [3.8, 4) is 11.5 Å². The summed E-state index contributed by atoms with van der Waals surface area (Å²) in [6.07, 6.45) is 7.05. The molecule has 1 N–H and O–H groups in total. The van der Waals surface area contributed by atoms with Gasteiger partial charge in [0.05, 0.1) is 5.75 Å². The maximum absolute atomic E-state index is 10.3. The Morgan fingerprint density at radius 1 is 1.08 bits per heavy atom. The third-order valence-electron chi connectivity index (χ3n) is 5.72. The first-order valence-corrected chi connectivity index (χ1v) is 10.1. The zero-order chi connectivity index (χ0) is 17.3. The van der Waals surface area contributed by atoms with Gasteiger partial charge in [0.15, 0.2) is 25.3 Å². The maximum Gasteiger partial charge on any atom is 0.186 e. The number of hydrogen-bond acceptors (Lipinski definition) is 3. The molecule has 3 rings (SSSR count). The first kappa shape index (κ1) is 17.9. The quantitative estimate of drug-likeness (QED) is 0.599. The Labute approximate surface area is 150 Å². The molecular weight excluding hydrogens is 320 g/mol. The summed E-state index contributed by atoms with van der Waals surface area (Å²) >= 11 is 1.91. The average molecular weight is 352 g/mol. The molecule has 0 aromatic heterocycles. The van der Waals surface area contributed by atoms with Crippen molar-refractivity contribution >= 4 is 12.0 Å². The van der Waals surface area contributed by atoms with Crippen molar-refractivity contribution in [2.45, 2.75) is 71.8 Å². The molecule has 1 unspecified atom stereocenters. The van der Waals surface area contributed by atoms with Gasteiger partial charge in [-0.2, -0.15) is 0 Å². The summed E-state index contributed by atoms with van der Waals surface area (Å²) in [5.74, 6) is 2.55. The van der Waals surface area contributed by atoms with Crippen molar-refractivity contribution < 1.29 is 13.7 Å². The zero-order valence-corrected chi connectivity index (χ0v) is 16.4. The highest BCUT2D eigenvalue weighted by atomic mass is 32.2. The van der Waals surface area contributed by atoms with E-state index in [1.54, 1.807) is 0 Å². The molecule has 134 valence electrons. The van der Waals surface area contributed by atoms with Crippen LogP contribution in [0.2, 0.25) is 0 Å². The lowest BCUT2D eigenvalue weighted by Gasteiger charge is -2.38. The minimum absolute atomic E-state index is 0.100. The monoisotopic (exact) mass is 351 g/mol. The molecule has 2 heterocycles. The molecule has 1 aromatic carbocycles. The van der Waals surface area contributed by atoms with Crippen LogP contribution < -0.4 is 4.74 Å². The maximum atomic E-state index is 10.3. The third-order valence-corrected chi connectivity index (χ3v) is 6.75. The summed E-state index contributed by atoms with van der Waals surface area (Å²) in [6.45, 7) is 10.6. The second kappa shape index (κ2) is 7.17. The van der Waals surface area contributed by atoms with Gasteiger partial charge < -0.3 is 13.7 Å². The largest absolute Gasteiger partial charge is 0.507 e. The van der Waals surface area contributed by atoms with E-state index in [9.17, 15) is 5.11 Å². The van der Waals surface area contributed by atoms with Crippen LogP contribution in [0.4, 0.5) is 0 Å². The standard InChI is InChI=1S/C20H30O3S/c1-14-15(2)19-17(16(3)18(14)21)8-9-20(4,22-19)10-13-24-23-11-6-5-7-12-23/h5-13H2,1-4H3/p+1. The summed E-state index contributed by atoms with van der Waals surface area (Å²) in [4.78, 5) is 0. The predicted octanol–water partition coefficient (Wildman–Crippen LogP) is 5.18. The van der Waals surface area contributed by atoms with Crippen LogP contribution in [0.5, 0.6) is 11.5 Å². The number of fused-ring (bicyclic) bond motifs is 1. The molecule has 24 heavy (non-hydrogen) atoms. The van der Waals surface area contributed by atoms with Crippen LogP contribution in [0, 0.1) is 20.8 Å². The Kier molecular flexibility index (Phi) is 5.36. The Bertz CT molecular complexity index is 608. The topological polar surface area (TPSA) is 32.2 Å². The number of phenolic OH excluding ortho intramolecular Hbond substituents is 1. The fraction of sp³-hybridized carbons (Fsp3) is 0.700. The van der Waals surface area contributed by atoms with E-state index >= 15 is 0 Å². The van der Waals surface area contributed by atoms with Crippen LogP contribution in [0.25, 0.3) is 0 Å². The van der Waals surface area contributed by atoms with E-state index in [0.29, 0.717) is 5.75 Å². The molecule has 1 atom stereocenters. The van der Waals surface area contributed by atoms with Crippen molar-refractivity contribution in [2.75, 3.05) is 19.0 Å². The third kappa shape index (κ3) is 3.55. The van der Waals surface area contributed by atoms with E-state index in [-0.39, 0.29) is 5.60 Å². The minimum atomic E-state index is -0.100. The Morgan fingerprint density at radius 3 is 2.50 bits per heavy atom. The van der Waals surface area contributed by atoms with E-state index in [2.05, 4.69) is 17.7 Å². The van der Waals surface area contributed by atoms with E-state index < -0.39 is 0 Å². The lowest BCUT2D eigenvalue weighted by atomic mass is 9.86. The molecule has 1 fully saturated rings. The summed E-state index contributed by atoms with van der Waals surface area (Å²) in [7, 11) is 0. The number of phenols is 1. The van der Waals surface area contributed by atoms with Gasteiger partial charge in [-0.05, 0) is 63.6 Å². The Morgan fingerprint density at radius 2 is 1.79 bits per heavy atom. The summed E-state index contributed by atoms with van der Waals surface area (Å²) in [5.41, 5.74) is 4.14. The van der Waals surface area contributed by atoms with Crippen LogP contribution >= 0.6 is 12.0 Å². The normalized spacial score (nSPS) is 24.5. The molecule has 2 aliphatic rings. The minimum Gasteiger partial charge on any atom is -0.507 e. The van der Waals surface area contributed by atoms with Gasteiger partial charge >= 0.3 is 0 Å². The Hall–Kier alpha value is -0.870.